The van der Waals surface area contributed by atoms with Crippen LogP contribution in [0.4, 0.5) is 0 Å². The van der Waals surface area contributed by atoms with Gasteiger partial charge in [-0.2, -0.15) is 4.98 Å². The van der Waals surface area contributed by atoms with Crippen LogP contribution in [0.2, 0.25) is 0 Å². The maximum absolute atomic E-state index is 11.3. The number of aromatic nitrogens is 3. The van der Waals surface area contributed by atoms with Crippen molar-refractivity contribution in [2.24, 2.45) is 17.9 Å². The Hall–Kier alpha value is -2.07. The first-order chi connectivity index (χ1) is 9.93. The van der Waals surface area contributed by atoms with Gasteiger partial charge >= 0.3 is 11.1 Å². The van der Waals surface area contributed by atoms with E-state index in [1.165, 1.54) is 4.68 Å². The van der Waals surface area contributed by atoms with Crippen LogP contribution in [0, 0.1) is 0 Å². The van der Waals surface area contributed by atoms with Crippen LogP contribution in [-0.2, 0) is 7.05 Å². The third-order valence-electron chi connectivity index (χ3n) is 2.49. The SMILES string of the molecule is Cn1[nH]c(=O)c(=O)nc1Sc1cccc(Br)c1/C(N)=N/O. The lowest BCUT2D eigenvalue weighted by Gasteiger charge is -2.11. The molecule has 0 amide bonds. The number of aromatic amines is 1. The normalized spacial score (nSPS) is 11.6. The highest BCUT2D eigenvalue weighted by Crippen LogP contribution is 2.32. The molecule has 2 rings (SSSR count). The fraction of sp³-hybridized carbons (Fsp3) is 0.0909. The summed E-state index contributed by atoms with van der Waals surface area (Å²) < 4.78 is 1.95. The van der Waals surface area contributed by atoms with Crippen molar-refractivity contribution in [3.63, 3.8) is 0 Å². The smallest absolute Gasteiger partial charge is 0.339 e. The molecule has 0 aliphatic carbocycles. The molecule has 0 radical (unpaired) electrons. The van der Waals surface area contributed by atoms with E-state index in [1.807, 2.05) is 0 Å². The molecule has 0 saturated heterocycles. The number of rotatable bonds is 3. The molecule has 2 aromatic rings. The number of hydrogen-bond donors (Lipinski definition) is 3. The van der Waals surface area contributed by atoms with E-state index in [-0.39, 0.29) is 11.0 Å². The van der Waals surface area contributed by atoms with E-state index in [1.54, 1.807) is 25.2 Å². The second-order valence-corrected chi connectivity index (χ2v) is 5.76. The number of halogens is 1. The lowest BCUT2D eigenvalue weighted by molar-refractivity contribution is 0.318. The molecule has 110 valence electrons. The number of amidine groups is 1. The minimum Gasteiger partial charge on any atom is -0.409 e. The summed E-state index contributed by atoms with van der Waals surface area (Å²) in [7, 11) is 1.55. The summed E-state index contributed by atoms with van der Waals surface area (Å²) in [5.41, 5.74) is 4.44. The molecule has 0 atom stereocenters. The standard InChI is InChI=1S/C11H10BrN5O3S/c1-17-11(14-9(18)10(19)15-17)21-6-4-2-3-5(12)7(6)8(13)16-20/h2-4,20H,1H3,(H2,13,16)(H,15,19). The molecule has 4 N–H and O–H groups in total. The van der Waals surface area contributed by atoms with E-state index in [0.717, 1.165) is 11.8 Å². The van der Waals surface area contributed by atoms with Gasteiger partial charge in [-0.15, -0.1) is 0 Å². The van der Waals surface area contributed by atoms with Gasteiger partial charge in [-0.1, -0.05) is 11.2 Å². The topological polar surface area (TPSA) is 126 Å². The van der Waals surface area contributed by atoms with Crippen LogP contribution in [0.1, 0.15) is 5.56 Å². The average Bonchev–Trinajstić information content (AvgIpc) is 2.44. The van der Waals surface area contributed by atoms with E-state index in [9.17, 15) is 9.59 Å². The Bertz CT molecular complexity index is 829. The van der Waals surface area contributed by atoms with E-state index >= 15 is 0 Å². The van der Waals surface area contributed by atoms with Crippen molar-refractivity contribution < 1.29 is 5.21 Å². The first kappa shape index (κ1) is 15.3. The molecule has 0 aliphatic rings. The van der Waals surface area contributed by atoms with Gasteiger partial charge in [-0.05, 0) is 39.8 Å². The van der Waals surface area contributed by atoms with Crippen molar-refractivity contribution in [3.8, 4) is 0 Å². The van der Waals surface area contributed by atoms with Gasteiger partial charge < -0.3 is 10.9 Å². The maximum Gasteiger partial charge on any atom is 0.339 e. The molecule has 1 heterocycles. The molecule has 0 saturated carbocycles. The summed E-state index contributed by atoms with van der Waals surface area (Å²) in [6.45, 7) is 0. The third kappa shape index (κ3) is 3.16. The van der Waals surface area contributed by atoms with Crippen molar-refractivity contribution in [2.75, 3.05) is 0 Å². The van der Waals surface area contributed by atoms with Gasteiger partial charge in [0.1, 0.15) is 0 Å². The number of aryl methyl sites for hydroxylation is 1. The molecular weight excluding hydrogens is 362 g/mol. The first-order valence-corrected chi connectivity index (χ1v) is 7.16. The predicted octanol–water partition coefficient (Wildman–Crippen LogP) is 0.477. The van der Waals surface area contributed by atoms with Crippen LogP contribution in [0.5, 0.6) is 0 Å². The summed E-state index contributed by atoms with van der Waals surface area (Å²) in [6.07, 6.45) is 0. The van der Waals surface area contributed by atoms with Gasteiger partial charge in [0.05, 0.1) is 0 Å². The van der Waals surface area contributed by atoms with Gasteiger partial charge in [-0.3, -0.25) is 19.4 Å². The highest BCUT2D eigenvalue weighted by molar-refractivity contribution is 9.10. The summed E-state index contributed by atoms with van der Waals surface area (Å²) >= 11 is 4.42. The lowest BCUT2D eigenvalue weighted by Crippen LogP contribution is -2.33. The van der Waals surface area contributed by atoms with Gasteiger partial charge in [0.2, 0.25) is 0 Å². The van der Waals surface area contributed by atoms with E-state index in [2.05, 4.69) is 31.2 Å². The zero-order chi connectivity index (χ0) is 15.6. The molecule has 21 heavy (non-hydrogen) atoms. The number of benzene rings is 1. The molecule has 8 nitrogen and oxygen atoms in total. The van der Waals surface area contributed by atoms with Gasteiger partial charge in [0.25, 0.3) is 0 Å². The Morgan fingerprint density at radius 3 is 2.90 bits per heavy atom. The number of oxime groups is 1. The quantitative estimate of drug-likeness (QED) is 0.237. The molecule has 10 heteroatoms. The van der Waals surface area contributed by atoms with E-state index < -0.39 is 11.1 Å². The third-order valence-corrected chi connectivity index (χ3v) is 4.26. The largest absolute Gasteiger partial charge is 0.409 e. The number of nitrogens with two attached hydrogens (primary N) is 1. The molecule has 1 aromatic carbocycles. The van der Waals surface area contributed by atoms with Crippen LogP contribution in [0.25, 0.3) is 0 Å². The highest BCUT2D eigenvalue weighted by atomic mass is 79.9. The van der Waals surface area contributed by atoms with Crippen LogP contribution in [0.15, 0.2) is 47.5 Å². The van der Waals surface area contributed by atoms with Crippen LogP contribution in [0.3, 0.4) is 0 Å². The fourth-order valence-electron chi connectivity index (χ4n) is 1.54. The fourth-order valence-corrected chi connectivity index (χ4v) is 3.21. The predicted molar refractivity (Wildman–Crippen MR) is 80.9 cm³/mol. The average molecular weight is 372 g/mol. The molecule has 0 bridgehead atoms. The minimum absolute atomic E-state index is 0.0839. The number of nitrogens with one attached hydrogen (secondary N) is 1. The summed E-state index contributed by atoms with van der Waals surface area (Å²) in [4.78, 5) is 26.8. The molecular formula is C11H10BrN5O3S. The Kier molecular flexibility index (Phi) is 4.48. The van der Waals surface area contributed by atoms with Crippen LogP contribution < -0.4 is 16.9 Å². The second kappa shape index (κ2) is 6.14. The van der Waals surface area contributed by atoms with Crippen molar-refractivity contribution >= 4 is 33.5 Å². The van der Waals surface area contributed by atoms with Crippen molar-refractivity contribution in [1.29, 1.82) is 0 Å². The number of nitrogens with zero attached hydrogens (tertiary/aromatic N) is 3. The lowest BCUT2D eigenvalue weighted by atomic mass is 10.2. The highest BCUT2D eigenvalue weighted by Gasteiger charge is 2.15. The minimum atomic E-state index is -0.879. The molecule has 0 unspecified atom stereocenters. The zero-order valence-corrected chi connectivity index (χ0v) is 13.1. The molecule has 0 spiro atoms. The Morgan fingerprint density at radius 2 is 2.24 bits per heavy atom. The van der Waals surface area contributed by atoms with E-state index in [0.29, 0.717) is 14.9 Å². The summed E-state index contributed by atoms with van der Waals surface area (Å²) in [6, 6.07) is 5.21. The van der Waals surface area contributed by atoms with Crippen molar-refractivity contribution in [1.82, 2.24) is 14.8 Å². The Balaban J connectivity index is 2.55. The Labute approximate surface area is 130 Å². The summed E-state index contributed by atoms with van der Waals surface area (Å²) in [5, 5.41) is 14.4. The summed E-state index contributed by atoms with van der Waals surface area (Å²) in [5.74, 6) is -0.0839. The van der Waals surface area contributed by atoms with Gasteiger partial charge in [-0.25, -0.2) is 0 Å². The van der Waals surface area contributed by atoms with Gasteiger partial charge in [0.15, 0.2) is 11.0 Å². The second-order valence-electron chi connectivity index (χ2n) is 3.90. The van der Waals surface area contributed by atoms with Crippen molar-refractivity contribution in [2.45, 2.75) is 10.1 Å². The zero-order valence-electron chi connectivity index (χ0n) is 10.7. The van der Waals surface area contributed by atoms with Crippen LogP contribution >= 0.6 is 27.7 Å². The molecule has 0 aliphatic heterocycles. The number of hydrogen-bond acceptors (Lipinski definition) is 6. The monoisotopic (exact) mass is 371 g/mol. The van der Waals surface area contributed by atoms with E-state index in [4.69, 9.17) is 10.9 Å². The maximum atomic E-state index is 11.3. The Morgan fingerprint density at radius 1 is 1.52 bits per heavy atom. The first-order valence-electron chi connectivity index (χ1n) is 5.55. The molecule has 1 aromatic heterocycles. The van der Waals surface area contributed by atoms with Gasteiger partial charge in [0, 0.05) is 22.0 Å². The van der Waals surface area contributed by atoms with Crippen molar-refractivity contribution in [3.05, 3.63) is 48.9 Å². The number of H-pyrrole nitrogens is 1. The van der Waals surface area contributed by atoms with Crippen LogP contribution in [-0.4, -0.2) is 25.8 Å². The molecule has 0 fully saturated rings.